The Labute approximate surface area is 98.2 Å². The van der Waals surface area contributed by atoms with Crippen molar-refractivity contribution < 1.29 is 18.9 Å². The molecule has 16 heavy (non-hydrogen) atoms. The fraction of sp³-hybridized carbons (Fsp3) is 1.00. The highest BCUT2D eigenvalue weighted by atomic mass is 16.5. The fourth-order valence-electron chi connectivity index (χ4n) is 1.95. The summed E-state index contributed by atoms with van der Waals surface area (Å²) in [6.45, 7) is 2.65. The molecule has 0 aromatic carbocycles. The predicted octanol–water partition coefficient (Wildman–Crippen LogP) is 1.62. The smallest absolute Gasteiger partial charge is 0.0704 e. The van der Waals surface area contributed by atoms with E-state index in [9.17, 15) is 0 Å². The summed E-state index contributed by atoms with van der Waals surface area (Å²) in [7, 11) is 3.46. The first-order valence-corrected chi connectivity index (χ1v) is 6.08. The van der Waals surface area contributed by atoms with Crippen LogP contribution in [0.3, 0.4) is 0 Å². The predicted molar refractivity (Wildman–Crippen MR) is 61.7 cm³/mol. The van der Waals surface area contributed by atoms with Crippen molar-refractivity contribution in [3.05, 3.63) is 0 Å². The Balaban J connectivity index is 1.90. The maximum atomic E-state index is 5.73. The largest absolute Gasteiger partial charge is 0.382 e. The Hall–Kier alpha value is -0.160. The van der Waals surface area contributed by atoms with E-state index in [2.05, 4.69) is 0 Å². The second-order valence-electron chi connectivity index (χ2n) is 4.11. The molecule has 1 saturated carbocycles. The molecule has 0 radical (unpaired) electrons. The second kappa shape index (κ2) is 8.93. The highest BCUT2D eigenvalue weighted by Gasteiger charge is 2.20. The highest BCUT2D eigenvalue weighted by molar-refractivity contribution is 4.72. The van der Waals surface area contributed by atoms with Crippen LogP contribution in [0, 0.1) is 0 Å². The molecule has 4 heteroatoms. The van der Waals surface area contributed by atoms with E-state index in [-0.39, 0.29) is 0 Å². The van der Waals surface area contributed by atoms with E-state index in [1.807, 2.05) is 0 Å². The van der Waals surface area contributed by atoms with Gasteiger partial charge in [0.25, 0.3) is 0 Å². The number of ether oxygens (including phenoxy) is 4. The topological polar surface area (TPSA) is 36.9 Å². The van der Waals surface area contributed by atoms with E-state index in [1.54, 1.807) is 14.2 Å². The Kier molecular flexibility index (Phi) is 7.76. The normalized spacial score (nSPS) is 25.9. The van der Waals surface area contributed by atoms with Gasteiger partial charge in [-0.05, 0) is 25.7 Å². The second-order valence-corrected chi connectivity index (χ2v) is 4.11. The molecule has 1 aliphatic rings. The van der Waals surface area contributed by atoms with Crippen LogP contribution in [0.4, 0.5) is 0 Å². The average Bonchev–Trinajstić information content (AvgIpc) is 2.34. The minimum absolute atomic E-state index is 0.400. The maximum Gasteiger partial charge on any atom is 0.0704 e. The lowest BCUT2D eigenvalue weighted by molar-refractivity contribution is -0.0400. The van der Waals surface area contributed by atoms with Gasteiger partial charge in [0.05, 0.1) is 38.6 Å². The van der Waals surface area contributed by atoms with Crippen LogP contribution in [0.25, 0.3) is 0 Å². The minimum Gasteiger partial charge on any atom is -0.382 e. The maximum absolute atomic E-state index is 5.73. The third-order valence-corrected chi connectivity index (χ3v) is 2.97. The van der Waals surface area contributed by atoms with Crippen LogP contribution in [0.15, 0.2) is 0 Å². The molecule has 1 aliphatic carbocycles. The van der Waals surface area contributed by atoms with E-state index in [4.69, 9.17) is 18.9 Å². The van der Waals surface area contributed by atoms with Crippen LogP contribution in [0.2, 0.25) is 0 Å². The molecule has 0 atom stereocenters. The summed E-state index contributed by atoms with van der Waals surface area (Å²) in [4.78, 5) is 0. The summed E-state index contributed by atoms with van der Waals surface area (Å²) >= 11 is 0. The highest BCUT2D eigenvalue weighted by Crippen LogP contribution is 2.22. The van der Waals surface area contributed by atoms with Crippen molar-refractivity contribution in [3.8, 4) is 0 Å². The molecule has 0 aromatic heterocycles. The lowest BCUT2D eigenvalue weighted by atomic mass is 9.95. The summed E-state index contributed by atoms with van der Waals surface area (Å²) in [5.74, 6) is 0. The molecule has 0 amide bonds. The third-order valence-electron chi connectivity index (χ3n) is 2.97. The van der Waals surface area contributed by atoms with Crippen molar-refractivity contribution >= 4 is 0 Å². The quantitative estimate of drug-likeness (QED) is 0.596. The molecule has 96 valence electrons. The first-order chi connectivity index (χ1) is 7.86. The number of hydrogen-bond acceptors (Lipinski definition) is 4. The Morgan fingerprint density at radius 1 is 0.812 bits per heavy atom. The molecular formula is C12H24O4. The van der Waals surface area contributed by atoms with Crippen LogP contribution in [-0.2, 0) is 18.9 Å². The summed E-state index contributed by atoms with van der Waals surface area (Å²) in [5.41, 5.74) is 0. The van der Waals surface area contributed by atoms with Gasteiger partial charge in [0.1, 0.15) is 0 Å². The van der Waals surface area contributed by atoms with E-state index >= 15 is 0 Å². The van der Waals surface area contributed by atoms with Gasteiger partial charge in [-0.25, -0.2) is 0 Å². The van der Waals surface area contributed by atoms with Gasteiger partial charge in [-0.2, -0.15) is 0 Å². The summed E-state index contributed by atoms with van der Waals surface area (Å²) in [6, 6.07) is 0. The number of methoxy groups -OCH3 is 2. The molecule has 0 unspecified atom stereocenters. The van der Waals surface area contributed by atoms with Crippen LogP contribution < -0.4 is 0 Å². The van der Waals surface area contributed by atoms with Gasteiger partial charge in [-0.1, -0.05) is 0 Å². The van der Waals surface area contributed by atoms with Gasteiger partial charge in [0, 0.05) is 14.2 Å². The molecule has 0 N–H and O–H groups in total. The van der Waals surface area contributed by atoms with Gasteiger partial charge in [-0.3, -0.25) is 0 Å². The third kappa shape index (κ3) is 5.80. The average molecular weight is 232 g/mol. The zero-order chi connectivity index (χ0) is 11.6. The van der Waals surface area contributed by atoms with E-state index in [0.717, 1.165) is 25.7 Å². The Morgan fingerprint density at radius 2 is 1.44 bits per heavy atom. The summed E-state index contributed by atoms with van der Waals surface area (Å²) in [5, 5.41) is 0. The van der Waals surface area contributed by atoms with Gasteiger partial charge in [0.15, 0.2) is 0 Å². The molecule has 1 rings (SSSR count). The molecule has 0 aliphatic heterocycles. The summed E-state index contributed by atoms with van der Waals surface area (Å²) in [6.07, 6.45) is 5.29. The van der Waals surface area contributed by atoms with Crippen molar-refractivity contribution in [2.75, 3.05) is 40.6 Å². The van der Waals surface area contributed by atoms with Crippen molar-refractivity contribution in [2.24, 2.45) is 0 Å². The zero-order valence-electron chi connectivity index (χ0n) is 10.4. The Bertz CT molecular complexity index is 155. The summed E-state index contributed by atoms with van der Waals surface area (Å²) < 4.78 is 21.3. The first kappa shape index (κ1) is 13.9. The SMILES string of the molecule is COCCOCCOC1CCC(OC)CC1. The molecule has 1 fully saturated rings. The Morgan fingerprint density at radius 3 is 2.06 bits per heavy atom. The standard InChI is InChI=1S/C12H24O4/c1-13-7-8-15-9-10-16-12-5-3-11(14-2)4-6-12/h11-12H,3-10H2,1-2H3. The van der Waals surface area contributed by atoms with Gasteiger partial charge >= 0.3 is 0 Å². The molecule has 0 heterocycles. The van der Waals surface area contributed by atoms with E-state index in [0.29, 0.717) is 38.6 Å². The van der Waals surface area contributed by atoms with E-state index in [1.165, 1.54) is 0 Å². The molecular weight excluding hydrogens is 208 g/mol. The van der Waals surface area contributed by atoms with Crippen molar-refractivity contribution in [2.45, 2.75) is 37.9 Å². The van der Waals surface area contributed by atoms with Gasteiger partial charge < -0.3 is 18.9 Å². The van der Waals surface area contributed by atoms with Crippen LogP contribution in [0.5, 0.6) is 0 Å². The van der Waals surface area contributed by atoms with Crippen LogP contribution in [0.1, 0.15) is 25.7 Å². The van der Waals surface area contributed by atoms with Gasteiger partial charge in [-0.15, -0.1) is 0 Å². The number of hydrogen-bond donors (Lipinski definition) is 0. The monoisotopic (exact) mass is 232 g/mol. The lowest BCUT2D eigenvalue weighted by Gasteiger charge is -2.27. The molecule has 0 saturated heterocycles. The first-order valence-electron chi connectivity index (χ1n) is 6.08. The fourth-order valence-corrected chi connectivity index (χ4v) is 1.95. The molecule has 0 bridgehead atoms. The molecule has 0 spiro atoms. The van der Waals surface area contributed by atoms with Crippen LogP contribution >= 0.6 is 0 Å². The van der Waals surface area contributed by atoms with E-state index < -0.39 is 0 Å². The molecule has 4 nitrogen and oxygen atoms in total. The zero-order valence-corrected chi connectivity index (χ0v) is 10.4. The van der Waals surface area contributed by atoms with Gasteiger partial charge in [0.2, 0.25) is 0 Å². The van der Waals surface area contributed by atoms with Crippen molar-refractivity contribution in [1.29, 1.82) is 0 Å². The minimum atomic E-state index is 0.400. The van der Waals surface area contributed by atoms with Crippen molar-refractivity contribution in [3.63, 3.8) is 0 Å². The van der Waals surface area contributed by atoms with Crippen molar-refractivity contribution in [1.82, 2.24) is 0 Å². The number of rotatable bonds is 8. The lowest BCUT2D eigenvalue weighted by Crippen LogP contribution is -2.26. The van der Waals surface area contributed by atoms with Crippen LogP contribution in [-0.4, -0.2) is 52.9 Å². The molecule has 0 aromatic rings.